The summed E-state index contributed by atoms with van der Waals surface area (Å²) in [4.78, 5) is 0. The molecule has 292 valence electrons. The molecule has 0 aromatic heterocycles. The van der Waals surface area contributed by atoms with Crippen molar-refractivity contribution in [1.29, 1.82) is 0 Å². The van der Waals surface area contributed by atoms with Crippen molar-refractivity contribution in [3.8, 4) is 0 Å². The second kappa shape index (κ2) is 17.7. The first-order chi connectivity index (χ1) is 27.6. The van der Waals surface area contributed by atoms with Crippen molar-refractivity contribution in [2.24, 2.45) is 5.41 Å². The van der Waals surface area contributed by atoms with Crippen LogP contribution in [0.15, 0.2) is 217 Å². The van der Waals surface area contributed by atoms with Gasteiger partial charge in [0.05, 0.1) is 0 Å². The van der Waals surface area contributed by atoms with Gasteiger partial charge >= 0.3 is 0 Å². The van der Waals surface area contributed by atoms with Gasteiger partial charge in [-0.05, 0) is 64.0 Å². The smallest absolute Gasteiger partial charge is 0.0459 e. The fraction of sp³-hybridized carbons (Fsp3) is 0.167. The third-order valence-electron chi connectivity index (χ3n) is 11.0. The minimum Gasteiger partial charge on any atom is -0.209 e. The molecule has 7 aromatic rings. The summed E-state index contributed by atoms with van der Waals surface area (Å²) in [5.74, 6) is 0. The van der Waals surface area contributed by atoms with E-state index < -0.39 is 28.9 Å². The summed E-state index contributed by atoms with van der Waals surface area (Å²) in [5, 5.41) is 10.8. The van der Waals surface area contributed by atoms with Crippen molar-refractivity contribution in [2.75, 3.05) is 0 Å². The van der Waals surface area contributed by atoms with Crippen molar-refractivity contribution >= 4 is 60.9 Å². The molecule has 0 heterocycles. The Balaban J connectivity index is 0.00000512. The van der Waals surface area contributed by atoms with Gasteiger partial charge in [0.1, 0.15) is 0 Å². The van der Waals surface area contributed by atoms with Crippen LogP contribution in [0.3, 0.4) is 0 Å². The molecule has 8 rings (SSSR count). The summed E-state index contributed by atoms with van der Waals surface area (Å²) in [7, 11) is -2.99. The maximum Gasteiger partial charge on any atom is 0.0459 e. The van der Waals surface area contributed by atoms with E-state index in [2.05, 4.69) is 248 Å². The molecule has 0 radical (unpaired) electrons. The van der Waals surface area contributed by atoms with Crippen LogP contribution in [0, 0.1) is 5.41 Å². The van der Waals surface area contributed by atoms with Gasteiger partial charge in [0, 0.05) is 22.2 Å². The van der Waals surface area contributed by atoms with Gasteiger partial charge in [-0.1, -0.05) is 249 Å². The Morgan fingerprint density at radius 2 is 0.793 bits per heavy atom. The van der Waals surface area contributed by atoms with Crippen molar-refractivity contribution in [2.45, 2.75) is 52.1 Å². The second-order valence-corrected chi connectivity index (χ2v) is 23.7. The maximum atomic E-state index is 2.78. The fourth-order valence-electron chi connectivity index (χ4n) is 8.31. The second-order valence-electron chi connectivity index (χ2n) is 16.9. The quantitative estimate of drug-likeness (QED) is 0.0731. The molecule has 0 fully saturated rings. The van der Waals surface area contributed by atoms with E-state index in [0.29, 0.717) is 0 Å². The van der Waals surface area contributed by atoms with E-state index in [9.17, 15) is 0 Å². The molecule has 7 aromatic carbocycles. The molecular formula is C54H52FeP3-. The number of benzene rings is 6. The molecule has 1 aliphatic rings. The molecule has 0 saturated heterocycles. The molecule has 1 aliphatic carbocycles. The van der Waals surface area contributed by atoms with Crippen molar-refractivity contribution < 1.29 is 17.1 Å². The monoisotopic (exact) mass is 849 g/mol. The van der Waals surface area contributed by atoms with Gasteiger partial charge in [0.15, 0.2) is 0 Å². The molecule has 1 unspecified atom stereocenters. The number of hydrogen-bond donors (Lipinski definition) is 0. The molecule has 0 N–H and O–H groups in total. The normalized spacial score (nSPS) is 15.7. The molecular weight excluding hydrogens is 797 g/mol. The van der Waals surface area contributed by atoms with Crippen LogP contribution in [0.5, 0.6) is 0 Å². The summed E-state index contributed by atoms with van der Waals surface area (Å²) in [5.41, 5.74) is 4.12. The van der Waals surface area contributed by atoms with E-state index in [1.54, 1.807) is 0 Å². The zero-order valence-electron chi connectivity index (χ0n) is 34.3. The molecule has 0 spiro atoms. The van der Waals surface area contributed by atoms with Crippen molar-refractivity contribution in [1.82, 2.24) is 0 Å². The average Bonchev–Trinajstić information content (AvgIpc) is 3.85. The maximum absolute atomic E-state index is 2.78. The Morgan fingerprint density at radius 1 is 0.431 bits per heavy atom. The van der Waals surface area contributed by atoms with E-state index in [4.69, 9.17) is 0 Å². The summed E-state index contributed by atoms with van der Waals surface area (Å²) in [6, 6.07) is 73.5. The first-order valence-electron chi connectivity index (χ1n) is 20.0. The molecule has 0 aliphatic heterocycles. The van der Waals surface area contributed by atoms with Gasteiger partial charge in [-0.15, -0.1) is 10.9 Å². The predicted molar refractivity (Wildman–Crippen MR) is 255 cm³/mol. The van der Waals surface area contributed by atoms with Crippen LogP contribution in [0.4, 0.5) is 0 Å². The summed E-state index contributed by atoms with van der Waals surface area (Å²) in [6.07, 6.45) is 5.45. The van der Waals surface area contributed by atoms with Crippen molar-refractivity contribution in [3.05, 3.63) is 228 Å². The zero-order valence-corrected chi connectivity index (χ0v) is 38.1. The Morgan fingerprint density at radius 3 is 1.16 bits per heavy atom. The van der Waals surface area contributed by atoms with Gasteiger partial charge in [-0.25, -0.2) is 6.07 Å². The minimum atomic E-state index is -1.07. The molecule has 58 heavy (non-hydrogen) atoms. The molecule has 0 nitrogen and oxygen atoms in total. The standard InChI is InChI=1S/C54H52P3.Fe/c1-52(2,3)41-39-50(56(44-29-17-9-18-30-44)45-31-19-10-20-32-45)54(40-41,57(46-33-21-11-22-34-46)47-35-23-12-24-36-47)51-48(53(4,5)6)37-38-49(51)55(42-25-13-7-14-26-42)43-27-15-8-16-28-43;/h7-40H,1-6H3;/q-1;. The third kappa shape index (κ3) is 8.24. The van der Waals surface area contributed by atoms with Gasteiger partial charge in [-0.2, -0.15) is 11.6 Å². The fourth-order valence-corrected chi connectivity index (χ4v) is 17.2. The van der Waals surface area contributed by atoms with E-state index in [1.165, 1.54) is 59.1 Å². The largest absolute Gasteiger partial charge is 0.209 e. The van der Waals surface area contributed by atoms with Crippen molar-refractivity contribution in [3.63, 3.8) is 0 Å². The van der Waals surface area contributed by atoms with E-state index >= 15 is 0 Å². The Bertz CT molecular complexity index is 2340. The Hall–Kier alpha value is -4.04. The summed E-state index contributed by atoms with van der Waals surface area (Å²) >= 11 is 0. The van der Waals surface area contributed by atoms with E-state index in [-0.39, 0.29) is 27.9 Å². The third-order valence-corrected chi connectivity index (χ3v) is 19.1. The van der Waals surface area contributed by atoms with E-state index in [0.717, 1.165) is 0 Å². The topological polar surface area (TPSA) is 0 Å². The van der Waals surface area contributed by atoms with Crippen LogP contribution >= 0.6 is 23.8 Å². The average molecular weight is 850 g/mol. The van der Waals surface area contributed by atoms with Gasteiger partial charge in [0.2, 0.25) is 0 Å². The molecule has 4 heteroatoms. The van der Waals surface area contributed by atoms with Crippen LogP contribution in [0.1, 0.15) is 52.7 Å². The zero-order chi connectivity index (χ0) is 39.6. The first kappa shape index (κ1) is 42.1. The van der Waals surface area contributed by atoms with Gasteiger partial charge in [0.25, 0.3) is 0 Å². The molecule has 0 saturated carbocycles. The van der Waals surface area contributed by atoms with Gasteiger partial charge < -0.3 is 0 Å². The van der Waals surface area contributed by atoms with Crippen LogP contribution in [0.25, 0.3) is 0 Å². The number of rotatable bonds is 10. The van der Waals surface area contributed by atoms with Crippen LogP contribution < -0.4 is 37.1 Å². The number of hydrogen-bond acceptors (Lipinski definition) is 0. The summed E-state index contributed by atoms with van der Waals surface area (Å²) in [6.45, 7) is 14.5. The van der Waals surface area contributed by atoms with Crippen LogP contribution in [-0.2, 0) is 27.6 Å². The minimum absolute atomic E-state index is 0. The predicted octanol–water partition coefficient (Wildman–Crippen LogP) is 11.8. The van der Waals surface area contributed by atoms with Crippen LogP contribution in [-0.4, -0.2) is 0 Å². The SMILES string of the molecule is CC(C)(C)C1=CC(c2c(C(C)(C)C)cc[c-]2P(c2ccccc2)c2ccccc2)(P(c2ccccc2)c2ccccc2)C(P(c2ccccc2)c2ccccc2)=C1.[Fe]. The Labute approximate surface area is 361 Å². The Kier molecular flexibility index (Phi) is 12.8. The number of allylic oxidation sites excluding steroid dienone is 4. The van der Waals surface area contributed by atoms with Crippen LogP contribution in [0.2, 0.25) is 0 Å². The molecule has 0 amide bonds. The molecule has 0 bridgehead atoms. The van der Waals surface area contributed by atoms with E-state index in [1.807, 2.05) is 0 Å². The first-order valence-corrected chi connectivity index (χ1v) is 24.1. The summed E-state index contributed by atoms with van der Waals surface area (Å²) < 4.78 is 0. The van der Waals surface area contributed by atoms with Gasteiger partial charge in [-0.3, -0.25) is 0 Å². The molecule has 1 atom stereocenters.